The van der Waals surface area contributed by atoms with Crippen LogP contribution in [0.5, 0.6) is 0 Å². The number of hydrogen-bond acceptors (Lipinski definition) is 5. The van der Waals surface area contributed by atoms with Gasteiger partial charge in [-0.1, -0.05) is 0 Å². The summed E-state index contributed by atoms with van der Waals surface area (Å²) in [6.45, 7) is 2.79. The van der Waals surface area contributed by atoms with Crippen LogP contribution in [0, 0.1) is 0 Å². The summed E-state index contributed by atoms with van der Waals surface area (Å²) >= 11 is 13.0. The molecule has 0 unspecified atom stereocenters. The molecule has 7 nitrogen and oxygen atoms in total. The van der Waals surface area contributed by atoms with Crippen molar-refractivity contribution < 1.29 is 18.4 Å². The molecule has 2 heterocycles. The summed E-state index contributed by atoms with van der Waals surface area (Å²) < 4.78 is 13.0. The van der Waals surface area contributed by atoms with Gasteiger partial charge in [0.2, 0.25) is 0 Å². The van der Waals surface area contributed by atoms with Crippen molar-refractivity contribution in [2.24, 2.45) is 0 Å². The third kappa shape index (κ3) is 7.66. The minimum atomic E-state index is -0.238. The summed E-state index contributed by atoms with van der Waals surface area (Å²) in [5.41, 5.74) is 0. The van der Waals surface area contributed by atoms with Crippen molar-refractivity contribution in [3.8, 4) is 0 Å². The lowest BCUT2D eigenvalue weighted by molar-refractivity contribution is 0.0916. The first kappa shape index (κ1) is 23.7. The van der Waals surface area contributed by atoms with E-state index >= 15 is 0 Å². The van der Waals surface area contributed by atoms with Crippen LogP contribution in [0.2, 0.25) is 0 Å². The molecule has 0 fully saturated rings. The maximum atomic E-state index is 11.9. The van der Waals surface area contributed by atoms with Crippen LogP contribution in [0.1, 0.15) is 40.4 Å². The minimum Gasteiger partial charge on any atom is -0.443 e. The van der Waals surface area contributed by atoms with E-state index in [-0.39, 0.29) is 23.3 Å². The van der Waals surface area contributed by atoms with Crippen molar-refractivity contribution in [2.45, 2.75) is 19.3 Å². The predicted octanol–water partition coefficient (Wildman–Crippen LogP) is 4.84. The van der Waals surface area contributed by atoms with Gasteiger partial charge in [0.1, 0.15) is 0 Å². The Morgan fingerprint density at radius 2 is 1.14 bits per heavy atom. The van der Waals surface area contributed by atoms with Gasteiger partial charge in [-0.2, -0.15) is 0 Å². The maximum Gasteiger partial charge on any atom is 0.287 e. The molecule has 0 saturated carbocycles. The molecule has 28 heavy (non-hydrogen) atoms. The van der Waals surface area contributed by atoms with Crippen molar-refractivity contribution in [2.75, 3.05) is 26.2 Å². The summed E-state index contributed by atoms with van der Waals surface area (Å²) in [7, 11) is 0. The third-order valence-electron chi connectivity index (χ3n) is 3.62. The summed E-state index contributed by atoms with van der Waals surface area (Å²) in [4.78, 5) is 23.8. The maximum absolute atomic E-state index is 11.9. The van der Waals surface area contributed by atoms with E-state index in [0.29, 0.717) is 31.4 Å². The molecule has 2 aromatic rings. The van der Waals surface area contributed by atoms with Crippen LogP contribution in [0.25, 0.3) is 0 Å². The van der Waals surface area contributed by atoms with Crippen LogP contribution in [0.4, 0.5) is 0 Å². The highest BCUT2D eigenvalue weighted by Gasteiger charge is 2.14. The van der Waals surface area contributed by atoms with Crippen LogP contribution in [-0.4, -0.2) is 38.0 Å². The quantitative estimate of drug-likeness (QED) is 0.303. The number of carbonyl (C=O) groups excluding carboxylic acids is 2. The highest BCUT2D eigenvalue weighted by molar-refractivity contribution is 9.13. The SMILES string of the molecule is O=C(NCCCCNCCCNC(=O)c1cc(Br)c(Br)o1)c1cc(Br)c(Br)o1. The summed E-state index contributed by atoms with van der Waals surface area (Å²) in [6, 6.07) is 3.25. The average Bonchev–Trinajstić information content (AvgIpc) is 3.18. The molecule has 0 aliphatic heterocycles. The smallest absolute Gasteiger partial charge is 0.287 e. The molecule has 0 radical (unpaired) electrons. The lowest BCUT2D eigenvalue weighted by atomic mass is 10.3. The fourth-order valence-corrected chi connectivity index (χ4v) is 3.36. The molecule has 0 atom stereocenters. The summed E-state index contributed by atoms with van der Waals surface area (Å²) in [5, 5.41) is 8.94. The van der Waals surface area contributed by atoms with Crippen LogP contribution in [0.15, 0.2) is 39.3 Å². The lowest BCUT2D eigenvalue weighted by Gasteiger charge is -2.06. The Hall–Kier alpha value is -0.620. The van der Waals surface area contributed by atoms with Gasteiger partial charge in [0, 0.05) is 25.2 Å². The molecular formula is C17H19Br4N3O4. The standard InChI is InChI=1S/C17H19Br4N3O4/c18-10-8-12(27-14(10)20)16(25)23-6-2-1-4-22-5-3-7-24-17(26)13-9-11(19)15(21)28-13/h8-9,22H,1-7H2,(H,23,25)(H,24,26). The molecule has 2 aromatic heterocycles. The largest absolute Gasteiger partial charge is 0.443 e. The number of hydrogen-bond donors (Lipinski definition) is 3. The molecule has 11 heteroatoms. The van der Waals surface area contributed by atoms with E-state index in [1.54, 1.807) is 12.1 Å². The Labute approximate surface area is 196 Å². The second-order valence-electron chi connectivity index (χ2n) is 5.79. The van der Waals surface area contributed by atoms with Crippen LogP contribution >= 0.6 is 63.7 Å². The molecule has 3 N–H and O–H groups in total. The Kier molecular flexibility index (Phi) is 10.3. The monoisotopic (exact) mass is 645 g/mol. The van der Waals surface area contributed by atoms with E-state index in [2.05, 4.69) is 79.7 Å². The highest BCUT2D eigenvalue weighted by atomic mass is 79.9. The summed E-state index contributed by atoms with van der Waals surface area (Å²) in [5.74, 6) is 0.0691. The Morgan fingerprint density at radius 3 is 1.61 bits per heavy atom. The van der Waals surface area contributed by atoms with Crippen molar-refractivity contribution in [3.63, 3.8) is 0 Å². The molecule has 0 aliphatic carbocycles. The highest BCUT2D eigenvalue weighted by Crippen LogP contribution is 2.27. The summed E-state index contributed by atoms with van der Waals surface area (Å²) in [6.07, 6.45) is 2.61. The lowest BCUT2D eigenvalue weighted by Crippen LogP contribution is -2.28. The van der Waals surface area contributed by atoms with E-state index in [9.17, 15) is 9.59 Å². The zero-order chi connectivity index (χ0) is 20.5. The first-order valence-corrected chi connectivity index (χ1v) is 11.7. The molecule has 2 rings (SSSR count). The first-order chi connectivity index (χ1) is 13.4. The molecule has 2 amide bonds. The third-order valence-corrected chi connectivity index (χ3v) is 7.04. The van der Waals surface area contributed by atoms with Gasteiger partial charge in [-0.25, -0.2) is 0 Å². The minimum absolute atomic E-state index is 0.231. The van der Waals surface area contributed by atoms with Crippen LogP contribution in [-0.2, 0) is 0 Å². The van der Waals surface area contributed by atoms with Gasteiger partial charge in [-0.3, -0.25) is 9.59 Å². The van der Waals surface area contributed by atoms with Gasteiger partial charge >= 0.3 is 0 Å². The fraction of sp³-hybridized carbons (Fsp3) is 0.412. The van der Waals surface area contributed by atoms with Crippen LogP contribution in [0.3, 0.4) is 0 Å². The number of nitrogens with one attached hydrogen (secondary N) is 3. The zero-order valence-corrected chi connectivity index (χ0v) is 21.1. The fourth-order valence-electron chi connectivity index (χ4n) is 2.21. The Morgan fingerprint density at radius 1 is 0.714 bits per heavy atom. The average molecular weight is 649 g/mol. The molecule has 0 spiro atoms. The zero-order valence-electron chi connectivity index (χ0n) is 14.7. The topological polar surface area (TPSA) is 96.5 Å². The molecule has 0 bridgehead atoms. The van der Waals surface area contributed by atoms with Gasteiger partial charge in [0.25, 0.3) is 11.8 Å². The number of carbonyl (C=O) groups is 2. The van der Waals surface area contributed by atoms with Crippen molar-refractivity contribution in [3.05, 3.63) is 41.9 Å². The molecule has 0 aliphatic rings. The van der Waals surface area contributed by atoms with Gasteiger partial charge in [0.15, 0.2) is 20.9 Å². The van der Waals surface area contributed by atoms with Gasteiger partial charge in [-0.15, -0.1) is 0 Å². The predicted molar refractivity (Wildman–Crippen MR) is 120 cm³/mol. The number of halogens is 4. The second kappa shape index (κ2) is 12.2. The Bertz CT molecular complexity index is 701. The number of furan rings is 2. The van der Waals surface area contributed by atoms with E-state index in [4.69, 9.17) is 8.83 Å². The van der Waals surface area contributed by atoms with E-state index in [1.807, 2.05) is 0 Å². The van der Waals surface area contributed by atoms with E-state index < -0.39 is 0 Å². The van der Waals surface area contributed by atoms with Crippen molar-refractivity contribution >= 4 is 75.5 Å². The molecular weight excluding hydrogens is 630 g/mol. The Balaban J connectivity index is 1.45. The molecule has 0 saturated heterocycles. The molecule has 154 valence electrons. The second-order valence-corrected chi connectivity index (χ2v) is 8.94. The van der Waals surface area contributed by atoms with Crippen molar-refractivity contribution in [1.82, 2.24) is 16.0 Å². The van der Waals surface area contributed by atoms with Gasteiger partial charge < -0.3 is 24.8 Å². The van der Waals surface area contributed by atoms with Crippen LogP contribution < -0.4 is 16.0 Å². The van der Waals surface area contributed by atoms with E-state index in [1.165, 1.54) is 0 Å². The number of unbranched alkanes of at least 4 members (excludes halogenated alkanes) is 1. The van der Waals surface area contributed by atoms with E-state index in [0.717, 1.165) is 32.4 Å². The van der Waals surface area contributed by atoms with Crippen molar-refractivity contribution in [1.29, 1.82) is 0 Å². The van der Waals surface area contributed by atoms with Gasteiger partial charge in [0.05, 0.1) is 8.95 Å². The molecule has 0 aromatic carbocycles. The number of rotatable bonds is 11. The normalized spacial score (nSPS) is 10.9. The first-order valence-electron chi connectivity index (χ1n) is 8.55. The number of amides is 2. The van der Waals surface area contributed by atoms with Gasteiger partial charge in [-0.05, 0) is 96.1 Å².